The van der Waals surface area contributed by atoms with E-state index in [0.717, 1.165) is 4.34 Å². The van der Waals surface area contributed by atoms with Crippen molar-refractivity contribution in [2.45, 2.75) is 35.4 Å². The van der Waals surface area contributed by atoms with Crippen LogP contribution < -0.4 is 5.73 Å². The van der Waals surface area contributed by atoms with Crippen LogP contribution in [0.1, 0.15) is 20.3 Å². The van der Waals surface area contributed by atoms with Gasteiger partial charge in [-0.1, -0.05) is 30.0 Å². The Morgan fingerprint density at radius 1 is 1.87 bits per heavy atom. The maximum Gasteiger partial charge on any atom is 0.323 e. The Hall–Kier alpha value is -0.660. The van der Waals surface area contributed by atoms with E-state index < -0.39 is 11.5 Å². The van der Waals surface area contributed by atoms with E-state index in [1.807, 2.05) is 6.92 Å². The van der Waals surface area contributed by atoms with Crippen molar-refractivity contribution in [3.8, 4) is 0 Å². The molecule has 3 N–H and O–H groups in total. The van der Waals surface area contributed by atoms with Gasteiger partial charge in [0.2, 0.25) is 0 Å². The maximum atomic E-state index is 10.8. The van der Waals surface area contributed by atoms with Crippen LogP contribution in [0.15, 0.2) is 9.85 Å². The molecule has 1 heterocycles. The van der Waals surface area contributed by atoms with E-state index in [-0.39, 0.29) is 5.25 Å². The van der Waals surface area contributed by atoms with Crippen LogP contribution in [0.25, 0.3) is 0 Å². The van der Waals surface area contributed by atoms with E-state index in [1.165, 1.54) is 30.0 Å². The summed E-state index contributed by atoms with van der Waals surface area (Å²) in [5.41, 5.74) is 6.11. The summed E-state index contributed by atoms with van der Waals surface area (Å²) in [5.74, 6) is -0.979. The van der Waals surface area contributed by atoms with E-state index in [2.05, 4.69) is 10.2 Å². The van der Waals surface area contributed by atoms with Crippen molar-refractivity contribution in [1.82, 2.24) is 10.2 Å². The van der Waals surface area contributed by atoms with Crippen LogP contribution in [0.3, 0.4) is 0 Å². The van der Waals surface area contributed by atoms with Crippen LogP contribution in [0.4, 0.5) is 0 Å². The number of nitrogens with two attached hydrogens (primary N) is 1. The quantitative estimate of drug-likeness (QED) is 0.760. The second-order valence-corrected chi connectivity index (χ2v) is 6.08. The predicted molar refractivity (Wildman–Crippen MR) is 60.1 cm³/mol. The molecular formula is C8H13N3O2S2. The molecule has 0 aliphatic carbocycles. The maximum absolute atomic E-state index is 10.8. The van der Waals surface area contributed by atoms with Crippen molar-refractivity contribution in [2.24, 2.45) is 5.73 Å². The average Bonchev–Trinajstić information content (AvgIpc) is 2.54. The highest BCUT2D eigenvalue weighted by molar-refractivity contribution is 8.01. The first-order chi connectivity index (χ1) is 6.92. The number of aromatic nitrogens is 2. The van der Waals surface area contributed by atoms with Gasteiger partial charge in [0.25, 0.3) is 0 Å². The fourth-order valence-corrected chi connectivity index (χ4v) is 3.10. The molecule has 0 aliphatic heterocycles. The molecule has 1 rings (SSSR count). The number of hydrogen-bond donors (Lipinski definition) is 2. The van der Waals surface area contributed by atoms with E-state index in [1.54, 1.807) is 5.51 Å². The van der Waals surface area contributed by atoms with Crippen molar-refractivity contribution < 1.29 is 9.90 Å². The lowest BCUT2D eigenvalue weighted by molar-refractivity contribution is -0.142. The Morgan fingerprint density at radius 2 is 2.53 bits per heavy atom. The first-order valence-electron chi connectivity index (χ1n) is 4.37. The van der Waals surface area contributed by atoms with Gasteiger partial charge in [0.05, 0.1) is 0 Å². The van der Waals surface area contributed by atoms with Crippen LogP contribution in [-0.4, -0.2) is 32.1 Å². The summed E-state index contributed by atoms with van der Waals surface area (Å²) in [6, 6.07) is 0. The zero-order valence-corrected chi connectivity index (χ0v) is 10.1. The van der Waals surface area contributed by atoms with Crippen LogP contribution >= 0.6 is 23.1 Å². The number of aliphatic carboxylic acids is 1. The molecule has 0 saturated heterocycles. The molecule has 5 nitrogen and oxygen atoms in total. The summed E-state index contributed by atoms with van der Waals surface area (Å²) >= 11 is 2.93. The molecule has 15 heavy (non-hydrogen) atoms. The average molecular weight is 247 g/mol. The molecule has 2 atom stereocenters. The zero-order chi connectivity index (χ0) is 11.5. The summed E-state index contributed by atoms with van der Waals surface area (Å²) in [5, 5.41) is 16.5. The minimum absolute atomic E-state index is 0.101. The van der Waals surface area contributed by atoms with Gasteiger partial charge < -0.3 is 10.8 Å². The Kier molecular flexibility index (Phi) is 4.06. The predicted octanol–water partition coefficient (Wildman–Crippen LogP) is 1.21. The summed E-state index contributed by atoms with van der Waals surface area (Å²) < 4.78 is 0.837. The number of rotatable bonds is 5. The van der Waals surface area contributed by atoms with Gasteiger partial charge in [-0.25, -0.2) is 0 Å². The first kappa shape index (κ1) is 12.4. The second-order valence-electron chi connectivity index (χ2n) is 3.56. The van der Waals surface area contributed by atoms with Crippen LogP contribution in [0.2, 0.25) is 0 Å². The van der Waals surface area contributed by atoms with E-state index in [9.17, 15) is 4.79 Å². The Bertz CT molecular complexity index is 327. The van der Waals surface area contributed by atoms with Crippen LogP contribution in [0, 0.1) is 0 Å². The van der Waals surface area contributed by atoms with E-state index in [0.29, 0.717) is 6.42 Å². The van der Waals surface area contributed by atoms with Crippen molar-refractivity contribution in [1.29, 1.82) is 0 Å². The van der Waals surface area contributed by atoms with Gasteiger partial charge in [-0.3, -0.25) is 4.79 Å². The minimum Gasteiger partial charge on any atom is -0.480 e. The number of carboxylic acids is 1. The fraction of sp³-hybridized carbons (Fsp3) is 0.625. The molecule has 2 unspecified atom stereocenters. The molecule has 0 fully saturated rings. The van der Waals surface area contributed by atoms with Gasteiger partial charge in [0.15, 0.2) is 4.34 Å². The summed E-state index contributed by atoms with van der Waals surface area (Å²) in [4.78, 5) is 10.8. The summed E-state index contributed by atoms with van der Waals surface area (Å²) in [7, 11) is 0. The molecule has 0 radical (unpaired) electrons. The second kappa shape index (κ2) is 4.91. The fourth-order valence-electron chi connectivity index (χ4n) is 1.11. The molecule has 0 spiro atoms. The number of nitrogens with zero attached hydrogens (tertiary/aromatic N) is 2. The minimum atomic E-state index is -1.18. The standard InChI is InChI=1S/C8H13N3O2S2/c1-5(3-8(2,9)6(12)13)15-7-11-10-4-14-7/h4-5H,3,9H2,1-2H3,(H,12,13). The van der Waals surface area contributed by atoms with E-state index >= 15 is 0 Å². The lowest BCUT2D eigenvalue weighted by atomic mass is 9.98. The highest BCUT2D eigenvalue weighted by Crippen LogP contribution is 2.28. The largest absolute Gasteiger partial charge is 0.480 e. The third kappa shape index (κ3) is 3.77. The highest BCUT2D eigenvalue weighted by Gasteiger charge is 2.30. The molecule has 0 bridgehead atoms. The van der Waals surface area contributed by atoms with Crippen molar-refractivity contribution in [3.05, 3.63) is 5.51 Å². The van der Waals surface area contributed by atoms with Crippen molar-refractivity contribution in [2.75, 3.05) is 0 Å². The van der Waals surface area contributed by atoms with Gasteiger partial charge in [-0.05, 0) is 13.3 Å². The monoisotopic (exact) mass is 247 g/mol. The normalized spacial score (nSPS) is 17.0. The van der Waals surface area contributed by atoms with E-state index in [4.69, 9.17) is 10.8 Å². The Balaban J connectivity index is 2.49. The number of hydrogen-bond acceptors (Lipinski definition) is 6. The lowest BCUT2D eigenvalue weighted by Crippen LogP contribution is -2.46. The topological polar surface area (TPSA) is 89.1 Å². The van der Waals surface area contributed by atoms with Gasteiger partial charge in [0.1, 0.15) is 11.0 Å². The molecule has 0 amide bonds. The number of carboxylic acid groups (broad SMARTS) is 1. The SMILES string of the molecule is CC(CC(C)(N)C(=O)O)Sc1nncs1. The van der Waals surface area contributed by atoms with Gasteiger partial charge in [0, 0.05) is 5.25 Å². The first-order valence-corrected chi connectivity index (χ1v) is 6.13. The smallest absolute Gasteiger partial charge is 0.323 e. The molecule has 0 aromatic carbocycles. The Labute approximate surface area is 96.1 Å². The number of carbonyl (C=O) groups is 1. The molecule has 1 aromatic heterocycles. The van der Waals surface area contributed by atoms with Gasteiger partial charge in [-0.2, -0.15) is 0 Å². The molecule has 0 saturated carbocycles. The van der Waals surface area contributed by atoms with Crippen LogP contribution in [0.5, 0.6) is 0 Å². The lowest BCUT2D eigenvalue weighted by Gasteiger charge is -2.22. The zero-order valence-electron chi connectivity index (χ0n) is 8.51. The molecule has 0 aliphatic rings. The third-order valence-corrected chi connectivity index (χ3v) is 3.75. The molecule has 84 valence electrons. The van der Waals surface area contributed by atoms with Crippen LogP contribution in [-0.2, 0) is 4.79 Å². The van der Waals surface area contributed by atoms with Crippen molar-refractivity contribution in [3.63, 3.8) is 0 Å². The summed E-state index contributed by atoms with van der Waals surface area (Å²) in [6.45, 7) is 3.45. The summed E-state index contributed by atoms with van der Waals surface area (Å²) in [6.07, 6.45) is 0.395. The van der Waals surface area contributed by atoms with Crippen molar-refractivity contribution >= 4 is 29.1 Å². The third-order valence-electron chi connectivity index (χ3n) is 1.84. The van der Waals surface area contributed by atoms with Gasteiger partial charge >= 0.3 is 5.97 Å². The van der Waals surface area contributed by atoms with Gasteiger partial charge in [-0.15, -0.1) is 10.2 Å². The Morgan fingerprint density at radius 3 is 3.00 bits per heavy atom. The number of thioether (sulfide) groups is 1. The molecule has 7 heteroatoms. The molecular weight excluding hydrogens is 234 g/mol. The highest BCUT2D eigenvalue weighted by atomic mass is 32.2. The molecule has 1 aromatic rings.